The number of hydrogen-bond acceptors (Lipinski definition) is 3. The average Bonchev–Trinajstić information content (AvgIpc) is 2.85. The second-order valence-corrected chi connectivity index (χ2v) is 5.24. The first-order valence-corrected chi connectivity index (χ1v) is 7.58. The summed E-state index contributed by atoms with van der Waals surface area (Å²) in [4.78, 5) is 13.7. The van der Waals surface area contributed by atoms with E-state index in [1.165, 1.54) is 12.1 Å². The van der Waals surface area contributed by atoms with Gasteiger partial charge in [0.05, 0.1) is 6.54 Å². The maximum Gasteiger partial charge on any atom is 0.238 e. The van der Waals surface area contributed by atoms with Crippen molar-refractivity contribution < 1.29 is 13.9 Å². The van der Waals surface area contributed by atoms with E-state index in [0.717, 1.165) is 31.4 Å². The predicted octanol–water partition coefficient (Wildman–Crippen LogP) is 2.46. The van der Waals surface area contributed by atoms with Crippen molar-refractivity contribution in [2.24, 2.45) is 0 Å². The molecule has 1 fully saturated rings. The summed E-state index contributed by atoms with van der Waals surface area (Å²) in [5, 5.41) is 3.17. The van der Waals surface area contributed by atoms with Crippen LogP contribution in [0, 0.1) is 5.82 Å². The van der Waals surface area contributed by atoms with Crippen molar-refractivity contribution in [3.05, 3.63) is 35.6 Å². The number of amides is 1. The number of halogens is 1. The number of nitrogens with one attached hydrogen (secondary N) is 1. The Morgan fingerprint density at radius 1 is 1.29 bits per heavy atom. The smallest absolute Gasteiger partial charge is 0.238 e. The molecule has 1 aliphatic heterocycles. The van der Waals surface area contributed by atoms with E-state index in [9.17, 15) is 9.18 Å². The Hall–Kier alpha value is -1.46. The van der Waals surface area contributed by atoms with Gasteiger partial charge in [-0.05, 0) is 30.5 Å². The van der Waals surface area contributed by atoms with Gasteiger partial charge < -0.3 is 9.64 Å². The maximum absolute atomic E-state index is 13.0. The molecule has 1 amide bonds. The molecule has 2 rings (SSSR count). The average molecular weight is 294 g/mol. The summed E-state index contributed by atoms with van der Waals surface area (Å²) in [6.07, 6.45) is 2.85. The van der Waals surface area contributed by atoms with Gasteiger partial charge in [-0.25, -0.2) is 4.39 Å². The topological polar surface area (TPSA) is 41.6 Å². The van der Waals surface area contributed by atoms with E-state index in [1.807, 2.05) is 0 Å². The zero-order valence-electron chi connectivity index (χ0n) is 12.5. The highest BCUT2D eigenvalue weighted by molar-refractivity contribution is 5.80. The largest absolute Gasteiger partial charge is 0.381 e. The second kappa shape index (κ2) is 8.10. The third-order valence-corrected chi connectivity index (χ3v) is 3.59. The van der Waals surface area contributed by atoms with Crippen LogP contribution in [0.5, 0.6) is 0 Å². The van der Waals surface area contributed by atoms with Gasteiger partial charge in [-0.1, -0.05) is 25.5 Å². The first-order valence-electron chi connectivity index (χ1n) is 7.58. The Bertz CT molecular complexity index is 450. The summed E-state index contributed by atoms with van der Waals surface area (Å²) >= 11 is 0. The van der Waals surface area contributed by atoms with E-state index in [-0.39, 0.29) is 17.9 Å². The molecular formula is C16H23FN2O2. The molecular weight excluding hydrogens is 271 g/mol. The van der Waals surface area contributed by atoms with E-state index < -0.39 is 0 Å². The number of carbonyl (C=O) groups excluding carboxylic acids is 1. The molecule has 0 spiro atoms. The Kier molecular flexibility index (Phi) is 6.14. The Morgan fingerprint density at radius 3 is 2.71 bits per heavy atom. The van der Waals surface area contributed by atoms with Gasteiger partial charge >= 0.3 is 0 Å². The highest BCUT2D eigenvalue weighted by atomic mass is 19.1. The van der Waals surface area contributed by atoms with E-state index >= 15 is 0 Å². The van der Waals surface area contributed by atoms with Gasteiger partial charge in [0.15, 0.2) is 0 Å². The highest BCUT2D eigenvalue weighted by Gasteiger charge is 2.30. The van der Waals surface area contributed by atoms with Gasteiger partial charge in [0.2, 0.25) is 5.91 Å². The molecule has 1 aliphatic rings. The van der Waals surface area contributed by atoms with Crippen LogP contribution in [0.3, 0.4) is 0 Å². The fourth-order valence-corrected chi connectivity index (χ4v) is 2.42. The van der Waals surface area contributed by atoms with Gasteiger partial charge in [-0.2, -0.15) is 0 Å². The Balaban J connectivity index is 1.84. The summed E-state index contributed by atoms with van der Waals surface area (Å²) in [5.41, 5.74) is 0.911. The lowest BCUT2D eigenvalue weighted by molar-refractivity contribution is -0.128. The molecule has 4 nitrogen and oxygen atoms in total. The van der Waals surface area contributed by atoms with Gasteiger partial charge in [-0.15, -0.1) is 0 Å². The highest BCUT2D eigenvalue weighted by Crippen LogP contribution is 2.22. The molecule has 0 saturated carbocycles. The minimum Gasteiger partial charge on any atom is -0.381 e. The van der Waals surface area contributed by atoms with Crippen LogP contribution < -0.4 is 5.32 Å². The molecule has 0 bridgehead atoms. The lowest BCUT2D eigenvalue weighted by Crippen LogP contribution is -2.31. The Morgan fingerprint density at radius 2 is 2.00 bits per heavy atom. The number of rotatable bonds is 8. The number of benzene rings is 1. The van der Waals surface area contributed by atoms with Crippen LogP contribution >= 0.6 is 0 Å². The lowest BCUT2D eigenvalue weighted by atomic mass is 10.1. The van der Waals surface area contributed by atoms with Crippen molar-refractivity contribution in [3.63, 3.8) is 0 Å². The first kappa shape index (κ1) is 15.9. The molecule has 1 N–H and O–H groups in total. The molecule has 1 heterocycles. The Labute approximate surface area is 125 Å². The third kappa shape index (κ3) is 4.51. The number of ether oxygens (including phenoxy) is 1. The molecule has 1 aromatic rings. The zero-order valence-corrected chi connectivity index (χ0v) is 12.5. The van der Waals surface area contributed by atoms with Gasteiger partial charge in [0.25, 0.3) is 0 Å². The molecule has 0 radical (unpaired) electrons. The molecule has 1 unspecified atom stereocenters. The molecule has 5 heteroatoms. The van der Waals surface area contributed by atoms with Crippen LogP contribution in [0.1, 0.15) is 37.9 Å². The molecule has 0 aliphatic carbocycles. The molecule has 21 heavy (non-hydrogen) atoms. The van der Waals surface area contributed by atoms with Crippen LogP contribution in [0.2, 0.25) is 0 Å². The van der Waals surface area contributed by atoms with Crippen molar-refractivity contribution in [3.8, 4) is 0 Å². The summed E-state index contributed by atoms with van der Waals surface area (Å²) in [5.74, 6) is -0.183. The van der Waals surface area contributed by atoms with Crippen molar-refractivity contribution in [2.45, 2.75) is 32.4 Å². The number of nitrogens with zero attached hydrogens (tertiary/aromatic N) is 1. The van der Waals surface area contributed by atoms with E-state index in [2.05, 4.69) is 12.2 Å². The van der Waals surface area contributed by atoms with Crippen molar-refractivity contribution >= 4 is 5.91 Å². The zero-order chi connectivity index (χ0) is 15.1. The normalized spacial score (nSPS) is 18.5. The first-order chi connectivity index (χ1) is 10.2. The summed E-state index contributed by atoms with van der Waals surface area (Å²) in [7, 11) is 0. The number of hydrogen-bond donors (Lipinski definition) is 1. The van der Waals surface area contributed by atoms with E-state index in [0.29, 0.717) is 19.7 Å². The fourth-order valence-electron chi connectivity index (χ4n) is 2.42. The lowest BCUT2D eigenvalue weighted by Gasteiger charge is -2.24. The van der Waals surface area contributed by atoms with Crippen LogP contribution in [-0.2, 0) is 9.53 Å². The quantitative estimate of drug-likeness (QED) is 0.749. The van der Waals surface area contributed by atoms with Crippen molar-refractivity contribution in [2.75, 3.05) is 26.3 Å². The molecule has 1 atom stereocenters. The van der Waals surface area contributed by atoms with Crippen LogP contribution in [0.25, 0.3) is 0 Å². The molecule has 1 saturated heterocycles. The predicted molar refractivity (Wildman–Crippen MR) is 79.2 cm³/mol. The number of carbonyl (C=O) groups is 1. The molecule has 0 aromatic heterocycles. The maximum atomic E-state index is 13.0. The van der Waals surface area contributed by atoms with Gasteiger partial charge in [-0.3, -0.25) is 10.1 Å². The standard InChI is InChI=1S/C16H23FN2O2/c1-2-3-10-21-11-4-9-19-15(20)12-18-16(19)13-5-7-14(17)8-6-13/h5-8,16,18H,2-4,9-12H2,1H3. The molecule has 1 aromatic carbocycles. The van der Waals surface area contributed by atoms with Crippen molar-refractivity contribution in [1.82, 2.24) is 10.2 Å². The summed E-state index contributed by atoms with van der Waals surface area (Å²) < 4.78 is 18.5. The van der Waals surface area contributed by atoms with Crippen molar-refractivity contribution in [1.29, 1.82) is 0 Å². The monoisotopic (exact) mass is 294 g/mol. The minimum absolute atomic E-state index is 0.0814. The van der Waals surface area contributed by atoms with Crippen LogP contribution in [0.15, 0.2) is 24.3 Å². The number of unbranched alkanes of at least 4 members (excludes halogenated alkanes) is 1. The van der Waals surface area contributed by atoms with E-state index in [4.69, 9.17) is 4.74 Å². The minimum atomic E-state index is -0.265. The van der Waals surface area contributed by atoms with Crippen LogP contribution in [0.4, 0.5) is 4.39 Å². The third-order valence-electron chi connectivity index (χ3n) is 3.59. The summed E-state index contributed by atoms with van der Waals surface area (Å²) in [6, 6.07) is 6.28. The van der Waals surface area contributed by atoms with Gasteiger partial charge in [0.1, 0.15) is 12.0 Å². The fraction of sp³-hybridized carbons (Fsp3) is 0.562. The summed E-state index contributed by atoms with van der Waals surface area (Å²) in [6.45, 7) is 4.56. The van der Waals surface area contributed by atoms with Crippen LogP contribution in [-0.4, -0.2) is 37.1 Å². The molecule has 116 valence electrons. The van der Waals surface area contributed by atoms with Gasteiger partial charge in [0, 0.05) is 19.8 Å². The SMILES string of the molecule is CCCCOCCCN1C(=O)CNC1c1ccc(F)cc1. The second-order valence-electron chi connectivity index (χ2n) is 5.24. The van der Waals surface area contributed by atoms with E-state index in [1.54, 1.807) is 17.0 Å².